The number of β-amino-alcohol motifs (C(OH)–C–C–N with tert-alkyl or cyclic N) is 1. The molecule has 1 N–H and O–H groups in total. The van der Waals surface area contributed by atoms with E-state index in [2.05, 4.69) is 29.2 Å². The lowest BCUT2D eigenvalue weighted by molar-refractivity contribution is 0.00771. The van der Waals surface area contributed by atoms with Crippen LogP contribution in [0.3, 0.4) is 0 Å². The molecule has 128 valence electrons. The van der Waals surface area contributed by atoms with Crippen LogP contribution in [0.1, 0.15) is 16.7 Å². The maximum Gasteiger partial charge on any atom is 0.119 e. The van der Waals surface area contributed by atoms with Crippen LogP contribution in [0.2, 0.25) is 0 Å². The van der Waals surface area contributed by atoms with Crippen molar-refractivity contribution >= 4 is 0 Å². The number of methoxy groups -OCH3 is 1. The third-order valence-corrected chi connectivity index (χ3v) is 4.39. The quantitative estimate of drug-likeness (QED) is 0.849. The fourth-order valence-electron chi connectivity index (χ4n) is 3.14. The van der Waals surface area contributed by atoms with E-state index in [0.29, 0.717) is 19.8 Å². The van der Waals surface area contributed by atoms with Crippen molar-refractivity contribution in [3.05, 3.63) is 65.2 Å². The fourth-order valence-corrected chi connectivity index (χ4v) is 3.14. The van der Waals surface area contributed by atoms with Gasteiger partial charge < -0.3 is 14.6 Å². The van der Waals surface area contributed by atoms with E-state index in [9.17, 15) is 5.11 Å². The first kappa shape index (κ1) is 17.0. The normalized spacial score (nSPS) is 15.8. The molecule has 0 bridgehead atoms. The minimum atomic E-state index is -0.471. The first-order valence-electron chi connectivity index (χ1n) is 8.42. The van der Waals surface area contributed by atoms with Gasteiger partial charge in [-0.25, -0.2) is 0 Å². The van der Waals surface area contributed by atoms with Crippen LogP contribution in [0.4, 0.5) is 0 Å². The summed E-state index contributed by atoms with van der Waals surface area (Å²) in [6.07, 6.45) is 0.578. The van der Waals surface area contributed by atoms with Crippen LogP contribution in [0.5, 0.6) is 5.75 Å². The number of aliphatic hydroxyl groups excluding tert-OH is 1. The molecule has 24 heavy (non-hydrogen) atoms. The first-order valence-corrected chi connectivity index (χ1v) is 8.42. The number of hydrogen-bond acceptors (Lipinski definition) is 4. The van der Waals surface area contributed by atoms with Gasteiger partial charge in [0, 0.05) is 19.6 Å². The SMILES string of the molecule is COc1cccc(COCC(O)CN2CCc3ccccc3C2)c1. The highest BCUT2D eigenvalue weighted by atomic mass is 16.5. The average Bonchev–Trinajstić information content (AvgIpc) is 2.62. The summed E-state index contributed by atoms with van der Waals surface area (Å²) in [5.41, 5.74) is 3.85. The van der Waals surface area contributed by atoms with E-state index < -0.39 is 6.10 Å². The van der Waals surface area contributed by atoms with E-state index in [4.69, 9.17) is 9.47 Å². The molecule has 1 atom stereocenters. The van der Waals surface area contributed by atoms with E-state index in [1.165, 1.54) is 11.1 Å². The molecule has 1 heterocycles. The number of aliphatic hydroxyl groups is 1. The van der Waals surface area contributed by atoms with Gasteiger partial charge in [0.25, 0.3) is 0 Å². The van der Waals surface area contributed by atoms with Crippen molar-refractivity contribution in [3.8, 4) is 5.75 Å². The molecule has 4 heteroatoms. The number of hydrogen-bond donors (Lipinski definition) is 1. The lowest BCUT2D eigenvalue weighted by atomic mass is 10.00. The van der Waals surface area contributed by atoms with E-state index in [0.717, 1.165) is 30.8 Å². The zero-order chi connectivity index (χ0) is 16.8. The van der Waals surface area contributed by atoms with Gasteiger partial charge >= 0.3 is 0 Å². The van der Waals surface area contributed by atoms with Crippen LogP contribution in [0.25, 0.3) is 0 Å². The minimum Gasteiger partial charge on any atom is -0.497 e. The van der Waals surface area contributed by atoms with E-state index in [1.807, 2.05) is 24.3 Å². The van der Waals surface area contributed by atoms with Crippen molar-refractivity contribution in [2.75, 3.05) is 26.8 Å². The maximum atomic E-state index is 10.2. The second-order valence-electron chi connectivity index (χ2n) is 6.27. The highest BCUT2D eigenvalue weighted by Gasteiger charge is 2.18. The molecule has 2 aromatic carbocycles. The first-order chi connectivity index (χ1) is 11.7. The lowest BCUT2D eigenvalue weighted by Gasteiger charge is -2.30. The van der Waals surface area contributed by atoms with E-state index in [1.54, 1.807) is 7.11 Å². The van der Waals surface area contributed by atoms with Gasteiger partial charge in [-0.1, -0.05) is 36.4 Å². The van der Waals surface area contributed by atoms with Crippen LogP contribution >= 0.6 is 0 Å². The molecule has 1 aliphatic heterocycles. The number of rotatable bonds is 7. The molecular weight excluding hydrogens is 302 g/mol. The molecule has 0 saturated carbocycles. The Hall–Kier alpha value is -1.88. The summed E-state index contributed by atoms with van der Waals surface area (Å²) in [4.78, 5) is 2.29. The van der Waals surface area contributed by atoms with Gasteiger partial charge in [0.1, 0.15) is 5.75 Å². The zero-order valence-corrected chi connectivity index (χ0v) is 14.1. The van der Waals surface area contributed by atoms with E-state index in [-0.39, 0.29) is 0 Å². The summed E-state index contributed by atoms with van der Waals surface area (Å²) < 4.78 is 10.9. The number of fused-ring (bicyclic) bond motifs is 1. The van der Waals surface area contributed by atoms with Gasteiger partial charge in [0.05, 0.1) is 26.4 Å². The molecule has 1 aliphatic rings. The Morgan fingerprint density at radius 1 is 1.12 bits per heavy atom. The molecule has 2 aromatic rings. The van der Waals surface area contributed by atoms with Crippen molar-refractivity contribution in [1.82, 2.24) is 4.90 Å². The van der Waals surface area contributed by atoms with Gasteiger partial charge in [-0.05, 0) is 35.2 Å². The second kappa shape index (κ2) is 8.29. The monoisotopic (exact) mass is 327 g/mol. The molecule has 0 spiro atoms. The Balaban J connectivity index is 1.42. The Labute approximate surface area is 143 Å². The van der Waals surface area contributed by atoms with Gasteiger partial charge in [0.2, 0.25) is 0 Å². The topological polar surface area (TPSA) is 41.9 Å². The fraction of sp³-hybridized carbons (Fsp3) is 0.400. The largest absolute Gasteiger partial charge is 0.497 e. The van der Waals surface area contributed by atoms with Crippen molar-refractivity contribution in [3.63, 3.8) is 0 Å². The summed E-state index contributed by atoms with van der Waals surface area (Å²) in [5, 5.41) is 10.2. The number of benzene rings is 2. The lowest BCUT2D eigenvalue weighted by Crippen LogP contribution is -2.38. The molecule has 0 fully saturated rings. The summed E-state index contributed by atoms with van der Waals surface area (Å²) in [7, 11) is 1.65. The summed E-state index contributed by atoms with van der Waals surface area (Å²) in [6, 6.07) is 16.3. The standard InChI is InChI=1S/C20H25NO3/c1-23-20-8-4-5-16(11-20)14-24-15-19(22)13-21-10-9-17-6-2-3-7-18(17)12-21/h2-8,11,19,22H,9-10,12-15H2,1H3. The Kier molecular flexibility index (Phi) is 5.86. The molecule has 0 saturated heterocycles. The van der Waals surface area contributed by atoms with Gasteiger partial charge in [-0.15, -0.1) is 0 Å². The molecule has 0 amide bonds. The van der Waals surface area contributed by atoms with Crippen molar-refractivity contribution in [2.45, 2.75) is 25.7 Å². The highest BCUT2D eigenvalue weighted by molar-refractivity contribution is 5.29. The Morgan fingerprint density at radius 2 is 1.96 bits per heavy atom. The Bertz CT molecular complexity index is 659. The summed E-state index contributed by atoms with van der Waals surface area (Å²) in [6.45, 7) is 3.37. The Morgan fingerprint density at radius 3 is 2.79 bits per heavy atom. The maximum absolute atomic E-state index is 10.2. The van der Waals surface area contributed by atoms with Crippen molar-refractivity contribution < 1.29 is 14.6 Å². The molecule has 0 aliphatic carbocycles. The zero-order valence-electron chi connectivity index (χ0n) is 14.1. The molecule has 4 nitrogen and oxygen atoms in total. The van der Waals surface area contributed by atoms with Crippen LogP contribution < -0.4 is 4.74 Å². The van der Waals surface area contributed by atoms with Crippen LogP contribution in [-0.2, 0) is 24.3 Å². The van der Waals surface area contributed by atoms with Crippen LogP contribution in [0, 0.1) is 0 Å². The molecule has 0 aromatic heterocycles. The van der Waals surface area contributed by atoms with Gasteiger partial charge in [0.15, 0.2) is 0 Å². The van der Waals surface area contributed by atoms with E-state index >= 15 is 0 Å². The highest BCUT2D eigenvalue weighted by Crippen LogP contribution is 2.18. The summed E-state index contributed by atoms with van der Waals surface area (Å²) >= 11 is 0. The number of nitrogens with zero attached hydrogens (tertiary/aromatic N) is 1. The third-order valence-electron chi connectivity index (χ3n) is 4.39. The van der Waals surface area contributed by atoms with Crippen molar-refractivity contribution in [1.29, 1.82) is 0 Å². The molecule has 1 unspecified atom stereocenters. The third kappa shape index (κ3) is 4.57. The van der Waals surface area contributed by atoms with Crippen molar-refractivity contribution in [2.24, 2.45) is 0 Å². The van der Waals surface area contributed by atoms with Crippen LogP contribution in [0.15, 0.2) is 48.5 Å². The average molecular weight is 327 g/mol. The predicted molar refractivity (Wildman–Crippen MR) is 94.1 cm³/mol. The molecule has 0 radical (unpaired) electrons. The summed E-state index contributed by atoms with van der Waals surface area (Å²) in [5.74, 6) is 0.823. The van der Waals surface area contributed by atoms with Gasteiger partial charge in [-0.2, -0.15) is 0 Å². The molecule has 3 rings (SSSR count). The molecular formula is C20H25NO3. The smallest absolute Gasteiger partial charge is 0.119 e. The predicted octanol–water partition coefficient (Wildman–Crippen LogP) is 2.63. The number of ether oxygens (including phenoxy) is 2. The van der Waals surface area contributed by atoms with Gasteiger partial charge in [-0.3, -0.25) is 4.90 Å². The second-order valence-corrected chi connectivity index (χ2v) is 6.27. The minimum absolute atomic E-state index is 0.343. The van der Waals surface area contributed by atoms with Crippen LogP contribution in [-0.4, -0.2) is 42.9 Å².